The number of carbonyl (C=O) groups is 4. The zero-order valence-electron chi connectivity index (χ0n) is 23.9. The molecule has 0 aliphatic heterocycles. The number of ketones is 1. The lowest BCUT2D eigenvalue weighted by Gasteiger charge is -2.36. The molecule has 0 heterocycles. The lowest BCUT2D eigenvalue weighted by molar-refractivity contribution is -0.141. The van der Waals surface area contributed by atoms with Crippen LogP contribution in [-0.4, -0.2) is 124 Å². The number of hydrogen-bond acceptors (Lipinski definition) is 9. The fraction of sp³-hybridized carbons (Fsp3) is 0.846. The van der Waals surface area contributed by atoms with Crippen LogP contribution in [0.4, 0.5) is 0 Å². The van der Waals surface area contributed by atoms with E-state index in [-0.39, 0.29) is 56.5 Å². The number of amides is 1. The minimum atomic E-state index is -1.07. The minimum absolute atomic E-state index is 0.0479. The van der Waals surface area contributed by atoms with Gasteiger partial charge in [-0.05, 0) is 33.6 Å². The molecule has 0 saturated heterocycles. The third kappa shape index (κ3) is 15.9. The molecule has 0 aromatic rings. The highest BCUT2D eigenvalue weighted by molar-refractivity contribution is 8.04. The lowest BCUT2D eigenvalue weighted by atomic mass is 9.90. The largest absolute Gasteiger partial charge is 0.480 e. The van der Waals surface area contributed by atoms with Gasteiger partial charge in [0.2, 0.25) is 5.91 Å². The van der Waals surface area contributed by atoms with Crippen molar-refractivity contribution < 1.29 is 29.4 Å². The Balaban J connectivity index is 2.42. The van der Waals surface area contributed by atoms with Crippen molar-refractivity contribution >= 4 is 47.2 Å². The van der Waals surface area contributed by atoms with Crippen LogP contribution < -0.4 is 10.6 Å². The molecule has 0 aromatic carbocycles. The monoisotopic (exact) mass is 576 g/mol. The molecular formula is C26H48N4O6S2. The van der Waals surface area contributed by atoms with Gasteiger partial charge in [-0.25, -0.2) is 0 Å². The van der Waals surface area contributed by atoms with Gasteiger partial charge in [0.1, 0.15) is 0 Å². The average Bonchev–Trinajstić information content (AvgIpc) is 2.73. The van der Waals surface area contributed by atoms with Crippen LogP contribution in [0.1, 0.15) is 54.4 Å². The van der Waals surface area contributed by atoms with E-state index in [9.17, 15) is 29.4 Å². The Morgan fingerprint density at radius 3 is 1.66 bits per heavy atom. The highest BCUT2D eigenvalue weighted by Crippen LogP contribution is 2.39. The molecule has 4 N–H and O–H groups in total. The number of hydrogen-bond donors (Lipinski definition) is 4. The molecule has 2 unspecified atom stereocenters. The van der Waals surface area contributed by atoms with Crippen LogP contribution in [-0.2, 0) is 19.2 Å². The van der Waals surface area contributed by atoms with Crippen LogP contribution in [0.2, 0.25) is 0 Å². The van der Waals surface area contributed by atoms with Gasteiger partial charge in [0.25, 0.3) is 0 Å². The van der Waals surface area contributed by atoms with Gasteiger partial charge in [0, 0.05) is 59.1 Å². The summed E-state index contributed by atoms with van der Waals surface area (Å²) in [6, 6.07) is 0. The molecule has 1 aliphatic carbocycles. The van der Waals surface area contributed by atoms with Gasteiger partial charge in [-0.2, -0.15) is 23.5 Å². The molecule has 0 radical (unpaired) electrons. The number of nitrogens with one attached hydrogen (secondary N) is 2. The molecule has 2 atom stereocenters. The zero-order chi connectivity index (χ0) is 28.9. The number of Topliss-reactive ketones (excluding diaryl/α,β-unsaturated/α-hetero) is 1. The van der Waals surface area contributed by atoms with Gasteiger partial charge in [-0.1, -0.05) is 20.8 Å². The molecule has 0 bridgehead atoms. The predicted octanol–water partition coefficient (Wildman–Crippen LogP) is 1.88. The maximum atomic E-state index is 12.5. The van der Waals surface area contributed by atoms with Gasteiger partial charge < -0.3 is 20.8 Å². The maximum Gasteiger partial charge on any atom is 0.317 e. The van der Waals surface area contributed by atoms with Crippen molar-refractivity contribution in [3.8, 4) is 0 Å². The molecule has 1 rings (SSSR count). The smallest absolute Gasteiger partial charge is 0.317 e. The first-order chi connectivity index (χ1) is 17.6. The van der Waals surface area contributed by atoms with Crippen molar-refractivity contribution in [2.24, 2.45) is 5.41 Å². The number of aliphatic carboxylic acids is 2. The van der Waals surface area contributed by atoms with E-state index in [1.54, 1.807) is 20.8 Å². The maximum absolute atomic E-state index is 12.5. The molecule has 0 aromatic heterocycles. The summed E-state index contributed by atoms with van der Waals surface area (Å²) in [7, 11) is 0. The molecule has 1 fully saturated rings. The number of nitrogens with zero attached hydrogens (tertiary/aromatic N) is 2. The third-order valence-corrected chi connectivity index (χ3v) is 9.05. The Kier molecular flexibility index (Phi) is 15.2. The standard InChI is InChI=1S/C26H48N4O6S2/c1-25(2,3)21(31)15-29(17-23(33)34)11-12-30(18-24(35)36)16-22(32)27-9-13-37-19-7-8-20(19)38-14-10-28-26(4,5)6/h19-20,28H,7-18H2,1-6H3,(H,27,32)(H,33,34)(H,35,36). The van der Waals surface area contributed by atoms with E-state index in [0.29, 0.717) is 17.0 Å². The Hall–Kier alpha value is -1.34. The van der Waals surface area contributed by atoms with Crippen molar-refractivity contribution in [1.82, 2.24) is 20.4 Å². The molecule has 1 aliphatic rings. The Morgan fingerprint density at radius 2 is 1.24 bits per heavy atom. The van der Waals surface area contributed by atoms with Crippen molar-refractivity contribution in [3.05, 3.63) is 0 Å². The third-order valence-electron chi connectivity index (χ3n) is 6.02. The highest BCUT2D eigenvalue weighted by atomic mass is 32.2. The topological polar surface area (TPSA) is 139 Å². The Bertz CT molecular complexity index is 785. The lowest BCUT2D eigenvalue weighted by Crippen LogP contribution is -2.46. The molecule has 220 valence electrons. The molecule has 10 nitrogen and oxygen atoms in total. The van der Waals surface area contributed by atoms with Crippen LogP contribution in [0.25, 0.3) is 0 Å². The number of carbonyl (C=O) groups excluding carboxylic acids is 2. The summed E-state index contributed by atoms with van der Waals surface area (Å²) < 4.78 is 0. The summed E-state index contributed by atoms with van der Waals surface area (Å²) in [5.41, 5.74) is -0.479. The van der Waals surface area contributed by atoms with Crippen LogP contribution in [0.3, 0.4) is 0 Å². The Labute approximate surface area is 236 Å². The zero-order valence-corrected chi connectivity index (χ0v) is 25.5. The Morgan fingerprint density at radius 1 is 0.763 bits per heavy atom. The van der Waals surface area contributed by atoms with E-state index in [1.807, 2.05) is 23.5 Å². The number of thioether (sulfide) groups is 2. The number of rotatable bonds is 19. The fourth-order valence-corrected chi connectivity index (χ4v) is 6.47. The summed E-state index contributed by atoms with van der Waals surface area (Å²) in [6.07, 6.45) is 2.43. The van der Waals surface area contributed by atoms with Crippen molar-refractivity contribution in [3.63, 3.8) is 0 Å². The second-order valence-electron chi connectivity index (χ2n) is 11.8. The van der Waals surface area contributed by atoms with E-state index in [0.717, 1.165) is 18.1 Å². The molecule has 12 heteroatoms. The quantitative estimate of drug-likeness (QED) is 0.168. The van der Waals surface area contributed by atoms with Gasteiger partial charge >= 0.3 is 11.9 Å². The average molecular weight is 577 g/mol. The van der Waals surface area contributed by atoms with Gasteiger partial charge in [0.15, 0.2) is 5.78 Å². The summed E-state index contributed by atoms with van der Waals surface area (Å²) in [5.74, 6) is -0.629. The van der Waals surface area contributed by atoms with Gasteiger partial charge in [-0.15, -0.1) is 0 Å². The van der Waals surface area contributed by atoms with E-state index in [4.69, 9.17) is 0 Å². The van der Waals surface area contributed by atoms with Gasteiger partial charge in [-0.3, -0.25) is 29.0 Å². The molecule has 1 saturated carbocycles. The van der Waals surface area contributed by atoms with Crippen LogP contribution in [0.15, 0.2) is 0 Å². The number of carboxylic acid groups (broad SMARTS) is 2. The predicted molar refractivity (Wildman–Crippen MR) is 155 cm³/mol. The first kappa shape index (κ1) is 34.7. The first-order valence-electron chi connectivity index (χ1n) is 13.2. The summed E-state index contributed by atoms with van der Waals surface area (Å²) in [5, 5.41) is 26.1. The van der Waals surface area contributed by atoms with Gasteiger partial charge in [0.05, 0.1) is 26.2 Å². The van der Waals surface area contributed by atoms with Crippen LogP contribution >= 0.6 is 23.5 Å². The summed E-state index contributed by atoms with van der Waals surface area (Å²) >= 11 is 3.89. The molecule has 38 heavy (non-hydrogen) atoms. The molecule has 0 spiro atoms. The SMILES string of the molecule is CC(C)(C)NCCSC1CCC1SCCNC(=O)CN(CCN(CC(=O)O)CC(=O)C(C)(C)C)CC(=O)O. The van der Waals surface area contributed by atoms with E-state index in [2.05, 4.69) is 31.4 Å². The van der Waals surface area contributed by atoms with E-state index < -0.39 is 17.4 Å². The second-order valence-corrected chi connectivity index (χ2v) is 14.5. The molecule has 1 amide bonds. The fourth-order valence-electron chi connectivity index (χ4n) is 3.65. The molecular weight excluding hydrogens is 528 g/mol. The van der Waals surface area contributed by atoms with Crippen molar-refractivity contribution in [1.29, 1.82) is 0 Å². The van der Waals surface area contributed by atoms with E-state index >= 15 is 0 Å². The van der Waals surface area contributed by atoms with E-state index in [1.165, 1.54) is 22.6 Å². The van der Waals surface area contributed by atoms with Crippen molar-refractivity contribution in [2.45, 2.75) is 70.4 Å². The van der Waals surface area contributed by atoms with Crippen molar-refractivity contribution in [2.75, 3.05) is 63.9 Å². The normalized spacial score (nSPS) is 17.9. The summed E-state index contributed by atoms with van der Waals surface area (Å²) in [6.45, 7) is 12.8. The van der Waals surface area contributed by atoms with Crippen LogP contribution in [0.5, 0.6) is 0 Å². The van der Waals surface area contributed by atoms with Crippen LogP contribution in [0, 0.1) is 5.41 Å². The second kappa shape index (κ2) is 16.7. The first-order valence-corrected chi connectivity index (χ1v) is 15.3. The highest BCUT2D eigenvalue weighted by Gasteiger charge is 2.31. The number of carboxylic acids is 2. The minimum Gasteiger partial charge on any atom is -0.480 e. The summed E-state index contributed by atoms with van der Waals surface area (Å²) in [4.78, 5) is 50.4.